The predicted octanol–water partition coefficient (Wildman–Crippen LogP) is 7.34. The number of aliphatic hydroxyl groups is 1. The topological polar surface area (TPSA) is 46.5 Å². The van der Waals surface area contributed by atoms with E-state index in [-0.39, 0.29) is 12.1 Å². The average molecular weight is 385 g/mol. The molecule has 0 spiro atoms. The normalized spacial score (nSPS) is 12.3. The summed E-state index contributed by atoms with van der Waals surface area (Å²) in [5, 5.41) is 9.42. The molecule has 0 saturated heterocycles. The molecule has 0 bridgehead atoms. The zero-order valence-corrected chi connectivity index (χ0v) is 18.5. The van der Waals surface area contributed by atoms with Crippen LogP contribution in [0.25, 0.3) is 0 Å². The molecule has 0 aromatic carbocycles. The molecule has 0 aromatic rings. The highest BCUT2D eigenvalue weighted by Gasteiger charge is 2.07. The van der Waals surface area contributed by atoms with E-state index in [0.717, 1.165) is 12.8 Å². The molecule has 3 nitrogen and oxygen atoms in total. The fraction of sp³-hybridized carbons (Fsp3) is 0.958. The van der Waals surface area contributed by atoms with Gasteiger partial charge in [0.05, 0.1) is 12.7 Å². The average Bonchev–Trinajstić information content (AvgIpc) is 2.68. The number of carbonyl (C=O) groups is 1. The molecule has 1 unspecified atom stereocenters. The Kier molecular flexibility index (Phi) is 21.3. The highest BCUT2D eigenvalue weighted by atomic mass is 16.5. The summed E-state index contributed by atoms with van der Waals surface area (Å²) < 4.78 is 5.21. The Balaban J connectivity index is 3.11. The van der Waals surface area contributed by atoms with Crippen LogP contribution < -0.4 is 0 Å². The SMILES string of the molecule is CCCCCCCCCCCCCCCCCCOC(=O)CCC(O)CC. The van der Waals surface area contributed by atoms with E-state index in [4.69, 9.17) is 4.74 Å². The first-order valence-corrected chi connectivity index (χ1v) is 12.0. The maximum absolute atomic E-state index is 11.5. The Morgan fingerprint density at radius 1 is 0.704 bits per heavy atom. The second kappa shape index (κ2) is 21.7. The third-order valence-electron chi connectivity index (χ3n) is 5.41. The summed E-state index contributed by atoms with van der Waals surface area (Å²) in [6, 6.07) is 0. The summed E-state index contributed by atoms with van der Waals surface area (Å²) in [6.45, 7) is 4.74. The van der Waals surface area contributed by atoms with Gasteiger partial charge in [0.2, 0.25) is 0 Å². The van der Waals surface area contributed by atoms with E-state index >= 15 is 0 Å². The molecule has 0 saturated carbocycles. The number of aliphatic hydroxyl groups excluding tert-OH is 1. The van der Waals surface area contributed by atoms with E-state index in [1.807, 2.05) is 6.92 Å². The van der Waals surface area contributed by atoms with E-state index in [1.165, 1.54) is 89.9 Å². The summed E-state index contributed by atoms with van der Waals surface area (Å²) in [5.74, 6) is -0.163. The van der Waals surface area contributed by atoms with Gasteiger partial charge in [0.15, 0.2) is 0 Å². The second-order valence-corrected chi connectivity index (χ2v) is 8.12. The lowest BCUT2D eigenvalue weighted by Gasteiger charge is -2.08. The van der Waals surface area contributed by atoms with Gasteiger partial charge in [0, 0.05) is 6.42 Å². The van der Waals surface area contributed by atoms with Crippen LogP contribution in [0.3, 0.4) is 0 Å². The Labute approximate surface area is 169 Å². The molecule has 0 radical (unpaired) electrons. The van der Waals surface area contributed by atoms with E-state index in [1.54, 1.807) is 0 Å². The van der Waals surface area contributed by atoms with Crippen molar-refractivity contribution in [3.63, 3.8) is 0 Å². The maximum atomic E-state index is 11.5. The number of hydrogen-bond acceptors (Lipinski definition) is 3. The zero-order chi connectivity index (χ0) is 20.0. The molecular weight excluding hydrogens is 336 g/mol. The van der Waals surface area contributed by atoms with Crippen molar-refractivity contribution < 1.29 is 14.6 Å². The van der Waals surface area contributed by atoms with Crippen LogP contribution in [-0.4, -0.2) is 23.8 Å². The smallest absolute Gasteiger partial charge is 0.305 e. The zero-order valence-electron chi connectivity index (χ0n) is 18.5. The van der Waals surface area contributed by atoms with E-state index in [0.29, 0.717) is 25.9 Å². The molecule has 0 aliphatic rings. The number of hydrogen-bond donors (Lipinski definition) is 1. The predicted molar refractivity (Wildman–Crippen MR) is 116 cm³/mol. The summed E-state index contributed by atoms with van der Waals surface area (Å²) in [6.07, 6.45) is 22.8. The molecule has 0 aromatic heterocycles. The minimum Gasteiger partial charge on any atom is -0.466 e. The van der Waals surface area contributed by atoms with Crippen LogP contribution in [0.1, 0.15) is 136 Å². The Hall–Kier alpha value is -0.570. The summed E-state index contributed by atoms with van der Waals surface area (Å²) >= 11 is 0. The molecule has 1 atom stereocenters. The first-order chi connectivity index (χ1) is 13.2. The van der Waals surface area contributed by atoms with Crippen molar-refractivity contribution in [3.8, 4) is 0 Å². The summed E-state index contributed by atoms with van der Waals surface area (Å²) in [7, 11) is 0. The lowest BCUT2D eigenvalue weighted by molar-refractivity contribution is -0.144. The van der Waals surface area contributed by atoms with Gasteiger partial charge in [-0.2, -0.15) is 0 Å². The number of ether oxygens (including phenoxy) is 1. The quantitative estimate of drug-likeness (QED) is 0.166. The van der Waals surface area contributed by atoms with Crippen molar-refractivity contribution in [1.82, 2.24) is 0 Å². The number of unbranched alkanes of at least 4 members (excludes halogenated alkanes) is 15. The van der Waals surface area contributed by atoms with Crippen LogP contribution in [0.2, 0.25) is 0 Å². The minimum atomic E-state index is -0.368. The number of carbonyl (C=O) groups excluding carboxylic acids is 1. The number of rotatable bonds is 21. The maximum Gasteiger partial charge on any atom is 0.305 e. The molecule has 0 aliphatic carbocycles. The van der Waals surface area contributed by atoms with E-state index < -0.39 is 0 Å². The van der Waals surface area contributed by atoms with Gasteiger partial charge in [-0.15, -0.1) is 0 Å². The molecule has 0 heterocycles. The van der Waals surface area contributed by atoms with Gasteiger partial charge in [0.25, 0.3) is 0 Å². The largest absolute Gasteiger partial charge is 0.466 e. The van der Waals surface area contributed by atoms with Crippen LogP contribution in [0, 0.1) is 0 Å². The molecular formula is C24H48O3. The lowest BCUT2D eigenvalue weighted by Crippen LogP contribution is -2.11. The van der Waals surface area contributed by atoms with Gasteiger partial charge in [-0.3, -0.25) is 4.79 Å². The molecule has 0 rings (SSSR count). The van der Waals surface area contributed by atoms with Crippen molar-refractivity contribution in [1.29, 1.82) is 0 Å². The van der Waals surface area contributed by atoms with Gasteiger partial charge in [-0.25, -0.2) is 0 Å². The Morgan fingerprint density at radius 2 is 1.11 bits per heavy atom. The van der Waals surface area contributed by atoms with Crippen molar-refractivity contribution in [2.45, 2.75) is 142 Å². The molecule has 0 fully saturated rings. The summed E-state index contributed by atoms with van der Waals surface area (Å²) in [5.41, 5.74) is 0. The highest BCUT2D eigenvalue weighted by Crippen LogP contribution is 2.13. The molecule has 1 N–H and O–H groups in total. The van der Waals surface area contributed by atoms with Crippen molar-refractivity contribution >= 4 is 5.97 Å². The van der Waals surface area contributed by atoms with Crippen molar-refractivity contribution in [2.75, 3.05) is 6.61 Å². The summed E-state index contributed by atoms with van der Waals surface area (Å²) in [4.78, 5) is 11.5. The van der Waals surface area contributed by atoms with Crippen molar-refractivity contribution in [3.05, 3.63) is 0 Å². The molecule has 27 heavy (non-hydrogen) atoms. The van der Waals surface area contributed by atoms with E-state index in [2.05, 4.69) is 6.92 Å². The highest BCUT2D eigenvalue weighted by molar-refractivity contribution is 5.69. The van der Waals surface area contributed by atoms with Gasteiger partial charge >= 0.3 is 5.97 Å². The van der Waals surface area contributed by atoms with E-state index in [9.17, 15) is 9.90 Å². The fourth-order valence-corrected chi connectivity index (χ4v) is 3.40. The Morgan fingerprint density at radius 3 is 1.52 bits per heavy atom. The third kappa shape index (κ3) is 21.6. The van der Waals surface area contributed by atoms with Crippen molar-refractivity contribution in [2.24, 2.45) is 0 Å². The number of esters is 1. The van der Waals surface area contributed by atoms with Gasteiger partial charge in [-0.1, -0.05) is 110 Å². The molecule has 3 heteroatoms. The Bertz CT molecular complexity index is 304. The first kappa shape index (κ1) is 26.4. The second-order valence-electron chi connectivity index (χ2n) is 8.12. The van der Waals surface area contributed by atoms with Gasteiger partial charge < -0.3 is 9.84 Å². The van der Waals surface area contributed by atoms with Crippen LogP contribution in [0.5, 0.6) is 0 Å². The van der Waals surface area contributed by atoms with Crippen LogP contribution in [0.15, 0.2) is 0 Å². The first-order valence-electron chi connectivity index (χ1n) is 12.0. The molecule has 0 aliphatic heterocycles. The lowest BCUT2D eigenvalue weighted by atomic mass is 10.0. The van der Waals surface area contributed by atoms with Gasteiger partial charge in [0.1, 0.15) is 0 Å². The molecule has 162 valence electrons. The third-order valence-corrected chi connectivity index (χ3v) is 5.41. The van der Waals surface area contributed by atoms with Crippen LogP contribution >= 0.6 is 0 Å². The monoisotopic (exact) mass is 384 g/mol. The molecule has 0 amide bonds. The minimum absolute atomic E-state index is 0.163. The van der Waals surface area contributed by atoms with Gasteiger partial charge in [-0.05, 0) is 19.3 Å². The van der Waals surface area contributed by atoms with Crippen LogP contribution in [0.4, 0.5) is 0 Å². The fourth-order valence-electron chi connectivity index (χ4n) is 3.40. The van der Waals surface area contributed by atoms with Crippen LogP contribution in [-0.2, 0) is 9.53 Å². The standard InChI is InChI=1S/C24H48O3/c1-3-5-6-7-8-9-10-11-12-13-14-15-16-17-18-19-22-27-24(26)21-20-23(25)4-2/h23,25H,3-22H2,1-2H3.